The number of carbonyl (C=O) groups excluding carboxylic acids is 1. The number of hydrogen-bond acceptors (Lipinski definition) is 4. The van der Waals surface area contributed by atoms with Gasteiger partial charge in [-0.3, -0.25) is 9.69 Å². The molecule has 30 heavy (non-hydrogen) atoms. The quantitative estimate of drug-likeness (QED) is 0.720. The number of piperidine rings is 1. The normalized spacial score (nSPS) is 20.1. The van der Waals surface area contributed by atoms with Crippen LogP contribution in [-0.2, 0) is 22.9 Å². The van der Waals surface area contributed by atoms with Crippen molar-refractivity contribution in [1.82, 2.24) is 10.2 Å². The molecule has 1 heterocycles. The molecule has 2 unspecified atom stereocenters. The first kappa shape index (κ1) is 22.8. The van der Waals surface area contributed by atoms with Crippen LogP contribution in [0.4, 0.5) is 0 Å². The SMILES string of the molecule is CC1CC(C)CN(Cc2ccccc2CNC(=O)c2cc(S(C)(=O)=O)ccc2Cl)C1. The fourth-order valence-corrected chi connectivity index (χ4v) is 5.08. The molecule has 3 rings (SSSR count). The number of carbonyl (C=O) groups is 1. The molecule has 0 spiro atoms. The van der Waals surface area contributed by atoms with Crippen molar-refractivity contribution in [3.63, 3.8) is 0 Å². The van der Waals surface area contributed by atoms with Crippen molar-refractivity contribution < 1.29 is 13.2 Å². The number of rotatable bonds is 6. The topological polar surface area (TPSA) is 66.5 Å². The summed E-state index contributed by atoms with van der Waals surface area (Å²) in [7, 11) is -3.42. The Hall–Kier alpha value is -1.89. The highest BCUT2D eigenvalue weighted by Crippen LogP contribution is 2.24. The zero-order chi connectivity index (χ0) is 21.9. The van der Waals surface area contributed by atoms with Gasteiger partial charge in [0.05, 0.1) is 15.5 Å². The Labute approximate surface area is 184 Å². The Morgan fingerprint density at radius 2 is 1.73 bits per heavy atom. The number of sulfone groups is 1. The predicted molar refractivity (Wildman–Crippen MR) is 120 cm³/mol. The molecule has 1 saturated heterocycles. The van der Waals surface area contributed by atoms with Gasteiger partial charge < -0.3 is 5.32 Å². The average molecular weight is 449 g/mol. The standard InChI is InChI=1S/C23H29ClN2O3S/c1-16-10-17(2)14-26(13-16)15-19-7-5-4-6-18(19)12-25-23(27)21-11-20(30(3,28)29)8-9-22(21)24/h4-9,11,16-17H,10,12-15H2,1-3H3,(H,25,27). The highest BCUT2D eigenvalue weighted by atomic mass is 35.5. The summed E-state index contributed by atoms with van der Waals surface area (Å²) >= 11 is 6.15. The first-order valence-corrected chi connectivity index (χ1v) is 12.5. The van der Waals surface area contributed by atoms with Crippen LogP contribution in [0.3, 0.4) is 0 Å². The maximum atomic E-state index is 12.7. The maximum Gasteiger partial charge on any atom is 0.253 e. The lowest BCUT2D eigenvalue weighted by Crippen LogP contribution is -2.38. The van der Waals surface area contributed by atoms with E-state index < -0.39 is 9.84 Å². The number of benzene rings is 2. The monoisotopic (exact) mass is 448 g/mol. The third-order valence-corrected chi connectivity index (χ3v) is 6.95. The minimum Gasteiger partial charge on any atom is -0.348 e. The Kier molecular flexibility index (Phi) is 7.22. The summed E-state index contributed by atoms with van der Waals surface area (Å²) < 4.78 is 23.6. The van der Waals surface area contributed by atoms with Gasteiger partial charge in [-0.1, -0.05) is 49.7 Å². The van der Waals surface area contributed by atoms with Crippen LogP contribution in [-0.4, -0.2) is 38.6 Å². The first-order valence-electron chi connectivity index (χ1n) is 10.2. The zero-order valence-corrected chi connectivity index (χ0v) is 19.3. The van der Waals surface area contributed by atoms with Crippen LogP contribution < -0.4 is 5.32 Å². The fraction of sp³-hybridized carbons (Fsp3) is 0.435. The van der Waals surface area contributed by atoms with E-state index in [-0.39, 0.29) is 21.4 Å². The lowest BCUT2D eigenvalue weighted by Gasteiger charge is -2.35. The van der Waals surface area contributed by atoms with Crippen molar-refractivity contribution >= 4 is 27.3 Å². The van der Waals surface area contributed by atoms with Crippen LogP contribution in [0.5, 0.6) is 0 Å². The van der Waals surface area contributed by atoms with E-state index in [9.17, 15) is 13.2 Å². The van der Waals surface area contributed by atoms with Crippen molar-refractivity contribution in [1.29, 1.82) is 0 Å². The number of halogens is 1. The first-order chi connectivity index (χ1) is 14.1. The van der Waals surface area contributed by atoms with Crippen molar-refractivity contribution in [2.45, 2.75) is 38.3 Å². The zero-order valence-electron chi connectivity index (χ0n) is 17.7. The van der Waals surface area contributed by atoms with Crippen molar-refractivity contribution in [2.24, 2.45) is 11.8 Å². The molecule has 1 aliphatic rings. The van der Waals surface area contributed by atoms with Crippen molar-refractivity contribution in [3.8, 4) is 0 Å². The molecule has 1 aliphatic heterocycles. The molecule has 5 nitrogen and oxygen atoms in total. The molecule has 0 bridgehead atoms. The molecule has 0 aliphatic carbocycles. The van der Waals surface area contributed by atoms with E-state index >= 15 is 0 Å². The van der Waals surface area contributed by atoms with E-state index in [1.807, 2.05) is 18.2 Å². The Balaban J connectivity index is 1.72. The summed E-state index contributed by atoms with van der Waals surface area (Å²) in [6.07, 6.45) is 2.37. The van der Waals surface area contributed by atoms with Gasteiger partial charge in [0, 0.05) is 32.4 Å². The largest absolute Gasteiger partial charge is 0.348 e. The van der Waals surface area contributed by atoms with E-state index in [0.717, 1.165) is 31.5 Å². The molecular weight excluding hydrogens is 420 g/mol. The van der Waals surface area contributed by atoms with E-state index in [0.29, 0.717) is 18.4 Å². The van der Waals surface area contributed by atoms with E-state index in [4.69, 9.17) is 11.6 Å². The van der Waals surface area contributed by atoms with Crippen LogP contribution in [0.1, 0.15) is 41.8 Å². The Bertz CT molecular complexity index is 1010. The predicted octanol–water partition coefficient (Wildman–Crippen LogP) is 4.15. The van der Waals surface area contributed by atoms with E-state index in [1.165, 1.54) is 30.2 Å². The fourth-order valence-electron chi connectivity index (χ4n) is 4.23. The third-order valence-electron chi connectivity index (χ3n) is 5.51. The second-order valence-corrected chi connectivity index (χ2v) is 10.9. The van der Waals surface area contributed by atoms with Gasteiger partial charge in [0.1, 0.15) is 0 Å². The van der Waals surface area contributed by atoms with Gasteiger partial charge in [0.2, 0.25) is 0 Å². The number of likely N-dealkylation sites (tertiary alicyclic amines) is 1. The molecule has 0 radical (unpaired) electrons. The molecule has 2 aromatic rings. The van der Waals surface area contributed by atoms with Gasteiger partial charge in [0.25, 0.3) is 5.91 Å². The molecule has 1 N–H and O–H groups in total. The molecule has 1 amide bonds. The van der Waals surface area contributed by atoms with E-state index in [1.54, 1.807) is 0 Å². The Morgan fingerprint density at radius 1 is 1.10 bits per heavy atom. The Morgan fingerprint density at radius 3 is 2.37 bits per heavy atom. The summed E-state index contributed by atoms with van der Waals surface area (Å²) in [4.78, 5) is 15.3. The summed E-state index contributed by atoms with van der Waals surface area (Å²) in [5.74, 6) is 0.982. The van der Waals surface area contributed by atoms with Crippen LogP contribution in [0.2, 0.25) is 5.02 Å². The smallest absolute Gasteiger partial charge is 0.253 e. The van der Waals surface area contributed by atoms with E-state index in [2.05, 4.69) is 30.1 Å². The highest BCUT2D eigenvalue weighted by Gasteiger charge is 2.22. The van der Waals surface area contributed by atoms with Gasteiger partial charge in [-0.2, -0.15) is 0 Å². The number of hydrogen-bond donors (Lipinski definition) is 1. The number of nitrogens with one attached hydrogen (secondary N) is 1. The van der Waals surface area contributed by atoms with Crippen molar-refractivity contribution in [3.05, 3.63) is 64.2 Å². The van der Waals surface area contributed by atoms with Gasteiger partial charge in [-0.05, 0) is 47.6 Å². The summed E-state index contributed by atoms with van der Waals surface area (Å²) in [6.45, 7) is 7.96. The minimum absolute atomic E-state index is 0.0748. The molecule has 0 saturated carbocycles. The summed E-state index contributed by atoms with van der Waals surface area (Å²) in [6, 6.07) is 12.3. The second kappa shape index (κ2) is 9.50. The second-order valence-electron chi connectivity index (χ2n) is 8.51. The number of amides is 1. The molecule has 1 fully saturated rings. The van der Waals surface area contributed by atoms with Crippen LogP contribution in [0.25, 0.3) is 0 Å². The van der Waals surface area contributed by atoms with Gasteiger partial charge in [0.15, 0.2) is 9.84 Å². The summed E-state index contributed by atoms with van der Waals surface area (Å²) in [5.41, 5.74) is 2.40. The van der Waals surface area contributed by atoms with Crippen LogP contribution >= 0.6 is 11.6 Å². The van der Waals surface area contributed by atoms with Gasteiger partial charge in [-0.25, -0.2) is 8.42 Å². The molecule has 2 aromatic carbocycles. The molecule has 7 heteroatoms. The molecular formula is C23H29ClN2O3S. The van der Waals surface area contributed by atoms with Gasteiger partial charge in [-0.15, -0.1) is 0 Å². The van der Waals surface area contributed by atoms with Gasteiger partial charge >= 0.3 is 0 Å². The highest BCUT2D eigenvalue weighted by molar-refractivity contribution is 7.90. The van der Waals surface area contributed by atoms with Crippen LogP contribution in [0, 0.1) is 11.8 Å². The van der Waals surface area contributed by atoms with Crippen molar-refractivity contribution in [2.75, 3.05) is 19.3 Å². The minimum atomic E-state index is -3.42. The lowest BCUT2D eigenvalue weighted by atomic mass is 9.91. The van der Waals surface area contributed by atoms with Crippen LogP contribution in [0.15, 0.2) is 47.4 Å². The lowest BCUT2D eigenvalue weighted by molar-refractivity contribution is 0.0950. The third kappa shape index (κ3) is 5.84. The molecule has 2 atom stereocenters. The number of nitrogens with zero attached hydrogens (tertiary/aromatic N) is 1. The molecule has 162 valence electrons. The summed E-state index contributed by atoms with van der Waals surface area (Å²) in [5, 5.41) is 3.12. The maximum absolute atomic E-state index is 12.7. The molecule has 0 aromatic heterocycles. The average Bonchev–Trinajstić information content (AvgIpc) is 2.65.